The number of rotatable bonds is 7. The van der Waals surface area contributed by atoms with Crippen molar-refractivity contribution < 1.29 is 9.53 Å². The molecule has 2 N–H and O–H groups in total. The smallest absolute Gasteiger partial charge is 0.222 e. The Morgan fingerprint density at radius 3 is 2.61 bits per heavy atom. The van der Waals surface area contributed by atoms with Crippen LogP contribution in [0.5, 0.6) is 5.75 Å². The first-order chi connectivity index (χ1) is 11.1. The zero-order valence-electron chi connectivity index (χ0n) is 13.4. The molecular formula is C18H21ClN2O2. The van der Waals surface area contributed by atoms with E-state index in [1.54, 1.807) is 7.11 Å². The van der Waals surface area contributed by atoms with Crippen LogP contribution in [0.1, 0.15) is 17.5 Å². The van der Waals surface area contributed by atoms with Crippen LogP contribution >= 0.6 is 11.6 Å². The summed E-state index contributed by atoms with van der Waals surface area (Å²) in [6.45, 7) is 3.07. The van der Waals surface area contributed by atoms with Gasteiger partial charge < -0.3 is 15.4 Å². The number of anilines is 1. The largest absolute Gasteiger partial charge is 0.495 e. The fourth-order valence-corrected chi connectivity index (χ4v) is 2.29. The van der Waals surface area contributed by atoms with E-state index < -0.39 is 0 Å². The highest BCUT2D eigenvalue weighted by Crippen LogP contribution is 2.24. The number of halogens is 1. The predicted octanol–water partition coefficient (Wildman–Crippen LogP) is 3.78. The highest BCUT2D eigenvalue weighted by atomic mass is 35.5. The average molecular weight is 333 g/mol. The van der Waals surface area contributed by atoms with Crippen molar-refractivity contribution in [1.82, 2.24) is 5.32 Å². The molecule has 0 saturated heterocycles. The van der Waals surface area contributed by atoms with Gasteiger partial charge in [0, 0.05) is 24.5 Å². The van der Waals surface area contributed by atoms with Gasteiger partial charge in [0.15, 0.2) is 0 Å². The van der Waals surface area contributed by atoms with Crippen molar-refractivity contribution in [3.63, 3.8) is 0 Å². The maximum Gasteiger partial charge on any atom is 0.222 e. The third kappa shape index (κ3) is 5.49. The number of carbonyl (C=O) groups is 1. The van der Waals surface area contributed by atoms with E-state index in [1.807, 2.05) is 49.4 Å². The normalized spacial score (nSPS) is 10.2. The highest BCUT2D eigenvalue weighted by Gasteiger charge is 2.05. The van der Waals surface area contributed by atoms with Crippen LogP contribution < -0.4 is 15.4 Å². The topological polar surface area (TPSA) is 50.4 Å². The molecule has 2 aromatic carbocycles. The number of nitrogens with one attached hydrogen (secondary N) is 2. The Balaban J connectivity index is 1.76. The van der Waals surface area contributed by atoms with E-state index in [1.165, 1.54) is 0 Å². The summed E-state index contributed by atoms with van der Waals surface area (Å²) in [5.41, 5.74) is 3.06. The molecule has 2 aromatic rings. The van der Waals surface area contributed by atoms with Gasteiger partial charge in [-0.1, -0.05) is 29.8 Å². The van der Waals surface area contributed by atoms with Gasteiger partial charge in [-0.3, -0.25) is 4.79 Å². The Labute approximate surface area is 141 Å². The van der Waals surface area contributed by atoms with Crippen LogP contribution in [-0.2, 0) is 11.3 Å². The number of benzene rings is 2. The predicted molar refractivity (Wildman–Crippen MR) is 94.1 cm³/mol. The molecular weight excluding hydrogens is 312 g/mol. The molecule has 0 heterocycles. The first kappa shape index (κ1) is 17.2. The minimum absolute atomic E-state index is 0.000861. The molecule has 1 amide bonds. The van der Waals surface area contributed by atoms with Crippen molar-refractivity contribution in [1.29, 1.82) is 0 Å². The Morgan fingerprint density at radius 1 is 1.17 bits per heavy atom. The third-order valence-corrected chi connectivity index (χ3v) is 3.68. The zero-order chi connectivity index (χ0) is 16.7. The highest BCUT2D eigenvalue weighted by molar-refractivity contribution is 6.30. The number of amides is 1. The number of aryl methyl sites for hydroxylation is 1. The van der Waals surface area contributed by atoms with E-state index >= 15 is 0 Å². The molecule has 0 fully saturated rings. The molecule has 5 heteroatoms. The van der Waals surface area contributed by atoms with Crippen LogP contribution in [0.15, 0.2) is 42.5 Å². The Hall–Kier alpha value is -2.20. The average Bonchev–Trinajstić information content (AvgIpc) is 2.54. The van der Waals surface area contributed by atoms with E-state index in [0.717, 1.165) is 22.6 Å². The SMILES string of the molecule is COc1ccc(C)cc1NCCC(=O)NCc1ccc(Cl)cc1. The second-order valence-corrected chi connectivity index (χ2v) is 5.72. The quantitative estimate of drug-likeness (QED) is 0.811. The molecule has 2 rings (SSSR count). The third-order valence-electron chi connectivity index (χ3n) is 3.43. The minimum atomic E-state index is -0.000861. The van der Waals surface area contributed by atoms with Gasteiger partial charge >= 0.3 is 0 Å². The number of ether oxygens (including phenoxy) is 1. The summed E-state index contributed by atoms with van der Waals surface area (Å²) in [5, 5.41) is 6.82. The second kappa shape index (κ2) is 8.44. The van der Waals surface area contributed by atoms with Crippen LogP contribution in [0.25, 0.3) is 0 Å². The van der Waals surface area contributed by atoms with Crippen molar-refractivity contribution in [3.05, 3.63) is 58.6 Å². The Kier molecular flexibility index (Phi) is 6.29. The molecule has 0 saturated carbocycles. The summed E-state index contributed by atoms with van der Waals surface area (Å²) in [4.78, 5) is 11.9. The van der Waals surface area contributed by atoms with Gasteiger partial charge in [-0.05, 0) is 42.3 Å². The number of methoxy groups -OCH3 is 1. The fraction of sp³-hybridized carbons (Fsp3) is 0.278. The van der Waals surface area contributed by atoms with Crippen molar-refractivity contribution >= 4 is 23.2 Å². The van der Waals surface area contributed by atoms with Crippen molar-refractivity contribution in [3.8, 4) is 5.75 Å². The first-order valence-corrected chi connectivity index (χ1v) is 7.86. The maximum absolute atomic E-state index is 11.9. The van der Waals surface area contributed by atoms with Crippen LogP contribution in [0.4, 0.5) is 5.69 Å². The summed E-state index contributed by atoms with van der Waals surface area (Å²) in [7, 11) is 1.63. The van der Waals surface area contributed by atoms with E-state index in [0.29, 0.717) is 24.5 Å². The van der Waals surface area contributed by atoms with Crippen LogP contribution in [0.3, 0.4) is 0 Å². The lowest BCUT2D eigenvalue weighted by molar-refractivity contribution is -0.121. The van der Waals surface area contributed by atoms with Gasteiger partial charge in [-0.15, -0.1) is 0 Å². The molecule has 0 radical (unpaired) electrons. The van der Waals surface area contributed by atoms with Crippen molar-refractivity contribution in [2.24, 2.45) is 0 Å². The van der Waals surface area contributed by atoms with E-state index in [-0.39, 0.29) is 5.91 Å². The molecule has 0 aliphatic rings. The van der Waals surface area contributed by atoms with Gasteiger partial charge in [0.1, 0.15) is 5.75 Å². The maximum atomic E-state index is 11.9. The van der Waals surface area contributed by atoms with E-state index in [9.17, 15) is 4.79 Å². The number of carbonyl (C=O) groups excluding carboxylic acids is 1. The lowest BCUT2D eigenvalue weighted by Crippen LogP contribution is -2.24. The van der Waals surface area contributed by atoms with Gasteiger partial charge in [-0.2, -0.15) is 0 Å². The van der Waals surface area contributed by atoms with Gasteiger partial charge in [-0.25, -0.2) is 0 Å². The molecule has 23 heavy (non-hydrogen) atoms. The minimum Gasteiger partial charge on any atom is -0.495 e. The molecule has 0 unspecified atom stereocenters. The van der Waals surface area contributed by atoms with Crippen LogP contribution in [-0.4, -0.2) is 19.6 Å². The molecule has 4 nitrogen and oxygen atoms in total. The molecule has 0 bridgehead atoms. The van der Waals surface area contributed by atoms with Gasteiger partial charge in [0.2, 0.25) is 5.91 Å². The van der Waals surface area contributed by atoms with E-state index in [2.05, 4.69) is 10.6 Å². The molecule has 0 spiro atoms. The Morgan fingerprint density at radius 2 is 1.91 bits per heavy atom. The lowest BCUT2D eigenvalue weighted by atomic mass is 10.2. The first-order valence-electron chi connectivity index (χ1n) is 7.48. The standard InChI is InChI=1S/C18H21ClN2O2/c1-13-3-8-17(23-2)16(11-13)20-10-9-18(22)21-12-14-4-6-15(19)7-5-14/h3-8,11,20H,9-10,12H2,1-2H3,(H,21,22). The summed E-state index contributed by atoms with van der Waals surface area (Å²) >= 11 is 5.83. The summed E-state index contributed by atoms with van der Waals surface area (Å²) in [6, 6.07) is 13.3. The summed E-state index contributed by atoms with van der Waals surface area (Å²) < 4.78 is 5.30. The molecule has 0 aliphatic heterocycles. The molecule has 0 aliphatic carbocycles. The monoisotopic (exact) mass is 332 g/mol. The lowest BCUT2D eigenvalue weighted by Gasteiger charge is -2.12. The van der Waals surface area contributed by atoms with E-state index in [4.69, 9.17) is 16.3 Å². The van der Waals surface area contributed by atoms with Crippen LogP contribution in [0, 0.1) is 6.92 Å². The molecule has 122 valence electrons. The van der Waals surface area contributed by atoms with Crippen molar-refractivity contribution in [2.45, 2.75) is 19.9 Å². The summed E-state index contributed by atoms with van der Waals surface area (Å²) in [6.07, 6.45) is 0.394. The Bertz CT molecular complexity index is 657. The number of hydrogen-bond acceptors (Lipinski definition) is 3. The van der Waals surface area contributed by atoms with Gasteiger partial charge in [0.25, 0.3) is 0 Å². The van der Waals surface area contributed by atoms with Crippen molar-refractivity contribution in [2.75, 3.05) is 19.0 Å². The number of hydrogen-bond donors (Lipinski definition) is 2. The van der Waals surface area contributed by atoms with Crippen LogP contribution in [0.2, 0.25) is 5.02 Å². The molecule has 0 aromatic heterocycles. The van der Waals surface area contributed by atoms with Gasteiger partial charge in [0.05, 0.1) is 12.8 Å². The second-order valence-electron chi connectivity index (χ2n) is 5.28. The molecule has 0 atom stereocenters. The zero-order valence-corrected chi connectivity index (χ0v) is 14.1. The summed E-state index contributed by atoms with van der Waals surface area (Å²) in [5.74, 6) is 0.774. The fourth-order valence-electron chi connectivity index (χ4n) is 2.16.